The predicted octanol–water partition coefficient (Wildman–Crippen LogP) is 2.38. The van der Waals surface area contributed by atoms with Crippen LogP contribution in [0.3, 0.4) is 0 Å². The van der Waals surface area contributed by atoms with Crippen molar-refractivity contribution in [2.45, 2.75) is 13.0 Å². The van der Waals surface area contributed by atoms with E-state index in [2.05, 4.69) is 23.6 Å². The average molecular weight is 175 g/mol. The number of anilines is 1. The first kappa shape index (κ1) is 8.32. The Labute approximate surface area is 78.4 Å². The summed E-state index contributed by atoms with van der Waals surface area (Å²) in [6.45, 7) is 6.63. The molecule has 1 fully saturated rings. The summed E-state index contributed by atoms with van der Waals surface area (Å²) in [6.07, 6.45) is 0.139. The zero-order valence-corrected chi connectivity index (χ0v) is 7.73. The first-order valence-corrected chi connectivity index (χ1v) is 4.42. The van der Waals surface area contributed by atoms with E-state index in [0.29, 0.717) is 6.73 Å². The number of hydrogen-bond donors (Lipinski definition) is 0. The summed E-state index contributed by atoms with van der Waals surface area (Å²) >= 11 is 0. The molecule has 1 unspecified atom stereocenters. The second-order valence-corrected chi connectivity index (χ2v) is 3.19. The molecule has 13 heavy (non-hydrogen) atoms. The monoisotopic (exact) mass is 175 g/mol. The molecule has 1 aromatic rings. The SMILES string of the molecule is C=C1C(C)OCN1c1ccccc1. The largest absolute Gasteiger partial charge is 0.352 e. The molecule has 1 atom stereocenters. The maximum absolute atomic E-state index is 5.46. The van der Waals surface area contributed by atoms with Crippen LogP contribution in [0.2, 0.25) is 0 Å². The van der Waals surface area contributed by atoms with Crippen molar-refractivity contribution in [1.82, 2.24) is 0 Å². The minimum absolute atomic E-state index is 0.139. The zero-order chi connectivity index (χ0) is 9.26. The van der Waals surface area contributed by atoms with Crippen LogP contribution in [0.25, 0.3) is 0 Å². The summed E-state index contributed by atoms with van der Waals surface area (Å²) in [4.78, 5) is 2.09. The molecule has 2 nitrogen and oxygen atoms in total. The normalized spacial score (nSPS) is 22.4. The van der Waals surface area contributed by atoms with Crippen LogP contribution >= 0.6 is 0 Å². The molecule has 1 aliphatic heterocycles. The second kappa shape index (κ2) is 3.23. The minimum atomic E-state index is 0.139. The van der Waals surface area contributed by atoms with Gasteiger partial charge in [-0.25, -0.2) is 0 Å². The lowest BCUT2D eigenvalue weighted by Crippen LogP contribution is -2.16. The first-order valence-electron chi connectivity index (χ1n) is 4.42. The van der Waals surface area contributed by atoms with Gasteiger partial charge in [-0.1, -0.05) is 24.8 Å². The lowest BCUT2D eigenvalue weighted by molar-refractivity contribution is 0.138. The Balaban J connectivity index is 2.24. The number of rotatable bonds is 1. The van der Waals surface area contributed by atoms with Gasteiger partial charge in [0.25, 0.3) is 0 Å². The highest BCUT2D eigenvalue weighted by molar-refractivity contribution is 5.52. The van der Waals surface area contributed by atoms with Crippen molar-refractivity contribution < 1.29 is 4.74 Å². The van der Waals surface area contributed by atoms with Crippen molar-refractivity contribution in [2.75, 3.05) is 11.6 Å². The molecule has 2 rings (SSSR count). The second-order valence-electron chi connectivity index (χ2n) is 3.19. The standard InChI is InChI=1S/C11H13NO/c1-9-10(2)13-8-12(9)11-6-4-3-5-7-11/h3-7,10H,1,8H2,2H3. The predicted molar refractivity (Wildman–Crippen MR) is 53.5 cm³/mol. The van der Waals surface area contributed by atoms with E-state index >= 15 is 0 Å². The molecule has 0 bridgehead atoms. The fourth-order valence-electron chi connectivity index (χ4n) is 1.43. The highest BCUT2D eigenvalue weighted by atomic mass is 16.5. The van der Waals surface area contributed by atoms with Crippen LogP contribution in [-0.2, 0) is 4.74 Å². The van der Waals surface area contributed by atoms with Gasteiger partial charge in [-0.15, -0.1) is 0 Å². The molecule has 0 saturated carbocycles. The zero-order valence-electron chi connectivity index (χ0n) is 7.73. The summed E-state index contributed by atoms with van der Waals surface area (Å²) in [6, 6.07) is 10.2. The summed E-state index contributed by atoms with van der Waals surface area (Å²) in [5.74, 6) is 0. The van der Waals surface area contributed by atoms with Crippen LogP contribution in [0, 0.1) is 0 Å². The van der Waals surface area contributed by atoms with Crippen molar-refractivity contribution in [3.05, 3.63) is 42.6 Å². The van der Waals surface area contributed by atoms with Gasteiger partial charge < -0.3 is 9.64 Å². The van der Waals surface area contributed by atoms with Gasteiger partial charge in [0.2, 0.25) is 0 Å². The molecule has 1 heterocycles. The molecule has 68 valence electrons. The van der Waals surface area contributed by atoms with Crippen LogP contribution < -0.4 is 4.90 Å². The van der Waals surface area contributed by atoms with Crippen molar-refractivity contribution in [3.8, 4) is 0 Å². The smallest absolute Gasteiger partial charge is 0.124 e. The van der Waals surface area contributed by atoms with Gasteiger partial charge in [0.1, 0.15) is 6.73 Å². The van der Waals surface area contributed by atoms with Gasteiger partial charge in [0.05, 0.1) is 6.10 Å². The lowest BCUT2D eigenvalue weighted by atomic mass is 10.2. The van der Waals surface area contributed by atoms with E-state index in [0.717, 1.165) is 11.4 Å². The molecule has 1 aliphatic rings. The highest BCUT2D eigenvalue weighted by Gasteiger charge is 2.23. The fraction of sp³-hybridized carbons (Fsp3) is 0.273. The van der Waals surface area contributed by atoms with E-state index in [9.17, 15) is 0 Å². The van der Waals surface area contributed by atoms with E-state index in [4.69, 9.17) is 4.74 Å². The third kappa shape index (κ3) is 1.45. The first-order chi connectivity index (χ1) is 6.29. The maximum Gasteiger partial charge on any atom is 0.124 e. The van der Waals surface area contributed by atoms with Gasteiger partial charge in [0.15, 0.2) is 0 Å². The van der Waals surface area contributed by atoms with Crippen LogP contribution in [0.15, 0.2) is 42.6 Å². The van der Waals surface area contributed by atoms with Crippen LogP contribution in [0.4, 0.5) is 5.69 Å². The Morgan fingerprint density at radius 2 is 2.08 bits per heavy atom. The quantitative estimate of drug-likeness (QED) is 0.649. The summed E-state index contributed by atoms with van der Waals surface area (Å²) in [5, 5.41) is 0. The Kier molecular flexibility index (Phi) is 2.07. The topological polar surface area (TPSA) is 12.5 Å². The molecule has 0 amide bonds. The molecular weight excluding hydrogens is 162 g/mol. The van der Waals surface area contributed by atoms with E-state index < -0.39 is 0 Å². The van der Waals surface area contributed by atoms with Crippen LogP contribution in [0.1, 0.15) is 6.92 Å². The van der Waals surface area contributed by atoms with Crippen molar-refractivity contribution in [3.63, 3.8) is 0 Å². The molecular formula is C11H13NO. The molecule has 0 N–H and O–H groups in total. The van der Waals surface area contributed by atoms with E-state index in [1.165, 1.54) is 0 Å². The Hall–Kier alpha value is -1.28. The molecule has 0 aliphatic carbocycles. The number of benzene rings is 1. The van der Waals surface area contributed by atoms with Crippen molar-refractivity contribution >= 4 is 5.69 Å². The number of hydrogen-bond acceptors (Lipinski definition) is 2. The van der Waals surface area contributed by atoms with Gasteiger partial charge in [-0.3, -0.25) is 0 Å². The van der Waals surface area contributed by atoms with Gasteiger partial charge in [0, 0.05) is 11.4 Å². The molecule has 0 radical (unpaired) electrons. The molecule has 2 heteroatoms. The Bertz CT molecular complexity index is 307. The molecule has 1 saturated heterocycles. The maximum atomic E-state index is 5.46. The van der Waals surface area contributed by atoms with Gasteiger partial charge in [-0.2, -0.15) is 0 Å². The minimum Gasteiger partial charge on any atom is -0.352 e. The highest BCUT2D eigenvalue weighted by Crippen LogP contribution is 2.25. The average Bonchev–Trinajstić information content (AvgIpc) is 2.49. The number of ether oxygens (including phenoxy) is 1. The van der Waals surface area contributed by atoms with Crippen molar-refractivity contribution in [1.29, 1.82) is 0 Å². The molecule has 1 aromatic carbocycles. The third-order valence-electron chi connectivity index (χ3n) is 2.34. The van der Waals surface area contributed by atoms with E-state index in [1.54, 1.807) is 0 Å². The van der Waals surface area contributed by atoms with E-state index in [-0.39, 0.29) is 6.10 Å². The summed E-state index contributed by atoms with van der Waals surface area (Å²) in [7, 11) is 0. The van der Waals surface area contributed by atoms with Gasteiger partial charge in [-0.05, 0) is 19.1 Å². The molecule has 0 spiro atoms. The van der Waals surface area contributed by atoms with Gasteiger partial charge >= 0.3 is 0 Å². The van der Waals surface area contributed by atoms with Crippen molar-refractivity contribution in [2.24, 2.45) is 0 Å². The van der Waals surface area contributed by atoms with Crippen LogP contribution in [0.5, 0.6) is 0 Å². The molecule has 0 aromatic heterocycles. The third-order valence-corrected chi connectivity index (χ3v) is 2.34. The Morgan fingerprint density at radius 3 is 2.62 bits per heavy atom. The van der Waals surface area contributed by atoms with Crippen LogP contribution in [-0.4, -0.2) is 12.8 Å². The Morgan fingerprint density at radius 1 is 1.38 bits per heavy atom. The number of nitrogens with zero attached hydrogens (tertiary/aromatic N) is 1. The van der Waals surface area contributed by atoms with E-state index in [1.807, 2.05) is 25.1 Å². The number of para-hydroxylation sites is 1. The lowest BCUT2D eigenvalue weighted by Gasteiger charge is -2.17. The fourth-order valence-corrected chi connectivity index (χ4v) is 1.43. The summed E-state index contributed by atoms with van der Waals surface area (Å²) < 4.78 is 5.46. The summed E-state index contributed by atoms with van der Waals surface area (Å²) in [5.41, 5.74) is 2.18.